The molecule has 5 rings (SSSR count). The van der Waals surface area contributed by atoms with Crippen molar-refractivity contribution in [3.63, 3.8) is 0 Å². The Kier molecular flexibility index (Phi) is 5.63. The SMILES string of the molecule is C[C@@H](NC(=O)C1CCCN1c1nc2c(=O)[nH]c(-c3ccccc3F)nc2s1)c1ccccc1. The minimum Gasteiger partial charge on any atom is -0.348 e. The van der Waals surface area contributed by atoms with Crippen LogP contribution in [0.25, 0.3) is 21.7 Å². The molecule has 3 heterocycles. The van der Waals surface area contributed by atoms with E-state index in [0.29, 0.717) is 22.9 Å². The lowest BCUT2D eigenvalue weighted by atomic mass is 10.1. The van der Waals surface area contributed by atoms with Crippen molar-refractivity contribution in [3.05, 3.63) is 76.3 Å². The van der Waals surface area contributed by atoms with E-state index < -0.39 is 11.4 Å². The average Bonchev–Trinajstić information content (AvgIpc) is 3.47. The summed E-state index contributed by atoms with van der Waals surface area (Å²) in [5.74, 6) is -0.376. The quantitative estimate of drug-likeness (QED) is 0.466. The number of nitrogens with one attached hydrogen (secondary N) is 2. The Hall–Kier alpha value is -3.59. The Bertz CT molecular complexity index is 1370. The largest absolute Gasteiger partial charge is 0.348 e. The van der Waals surface area contributed by atoms with Gasteiger partial charge in [-0.2, -0.15) is 0 Å². The third-order valence-electron chi connectivity index (χ3n) is 5.85. The average molecular weight is 464 g/mol. The molecule has 0 saturated carbocycles. The molecule has 1 aliphatic heterocycles. The molecule has 33 heavy (non-hydrogen) atoms. The molecule has 2 aromatic heterocycles. The normalized spacial score (nSPS) is 16.8. The Morgan fingerprint density at radius 1 is 1.18 bits per heavy atom. The Morgan fingerprint density at radius 2 is 1.94 bits per heavy atom. The van der Waals surface area contributed by atoms with Crippen molar-refractivity contribution in [2.24, 2.45) is 0 Å². The van der Waals surface area contributed by atoms with Gasteiger partial charge in [-0.25, -0.2) is 14.4 Å². The Labute approximate surface area is 193 Å². The lowest BCUT2D eigenvalue weighted by Gasteiger charge is -2.25. The van der Waals surface area contributed by atoms with E-state index in [-0.39, 0.29) is 34.9 Å². The van der Waals surface area contributed by atoms with E-state index in [1.807, 2.05) is 42.2 Å². The zero-order chi connectivity index (χ0) is 22.9. The molecule has 1 fully saturated rings. The maximum absolute atomic E-state index is 14.2. The molecule has 1 amide bonds. The molecule has 1 aliphatic rings. The topological polar surface area (TPSA) is 91.0 Å². The number of benzene rings is 2. The fourth-order valence-electron chi connectivity index (χ4n) is 4.13. The van der Waals surface area contributed by atoms with Crippen molar-refractivity contribution in [1.82, 2.24) is 20.3 Å². The van der Waals surface area contributed by atoms with Gasteiger partial charge in [0.05, 0.1) is 11.6 Å². The first-order valence-corrected chi connectivity index (χ1v) is 11.6. The molecule has 2 atom stereocenters. The highest BCUT2D eigenvalue weighted by Crippen LogP contribution is 2.32. The predicted octanol–water partition coefficient (Wildman–Crippen LogP) is 4.03. The van der Waals surface area contributed by atoms with Gasteiger partial charge in [0, 0.05) is 6.54 Å². The van der Waals surface area contributed by atoms with E-state index in [0.717, 1.165) is 12.0 Å². The van der Waals surface area contributed by atoms with Crippen LogP contribution in [0.4, 0.5) is 9.52 Å². The summed E-state index contributed by atoms with van der Waals surface area (Å²) < 4.78 is 14.2. The van der Waals surface area contributed by atoms with E-state index in [1.54, 1.807) is 18.2 Å². The van der Waals surface area contributed by atoms with E-state index in [2.05, 4.69) is 20.3 Å². The lowest BCUT2D eigenvalue weighted by Crippen LogP contribution is -2.44. The summed E-state index contributed by atoms with van der Waals surface area (Å²) in [6.45, 7) is 2.62. The van der Waals surface area contributed by atoms with Gasteiger partial charge < -0.3 is 15.2 Å². The monoisotopic (exact) mass is 463 g/mol. The minimum atomic E-state index is -0.464. The first-order chi connectivity index (χ1) is 16.0. The first kappa shape index (κ1) is 21.3. The number of hydrogen-bond donors (Lipinski definition) is 2. The third kappa shape index (κ3) is 4.11. The number of amides is 1. The van der Waals surface area contributed by atoms with Gasteiger partial charge in [-0.1, -0.05) is 53.8 Å². The number of H-pyrrole nitrogens is 1. The highest BCUT2D eigenvalue weighted by molar-refractivity contribution is 7.21. The van der Waals surface area contributed by atoms with Crippen LogP contribution in [0.2, 0.25) is 0 Å². The summed E-state index contributed by atoms with van der Waals surface area (Å²) in [5, 5.41) is 3.66. The molecule has 9 heteroatoms. The van der Waals surface area contributed by atoms with Gasteiger partial charge in [0.15, 0.2) is 15.5 Å². The standard InChI is InChI=1S/C24H22FN5O2S/c1-14(15-8-3-2-4-9-15)26-21(31)18-12-7-13-30(18)24-27-19-22(32)28-20(29-23(19)33-24)16-10-5-6-11-17(16)25/h2-6,8-11,14,18H,7,12-13H2,1H3,(H,26,31)(H,28,29,32)/t14-,18?/m1/s1. The Balaban J connectivity index is 1.42. The van der Waals surface area contributed by atoms with E-state index in [9.17, 15) is 14.0 Å². The zero-order valence-electron chi connectivity index (χ0n) is 17.9. The summed E-state index contributed by atoms with van der Waals surface area (Å²) >= 11 is 1.24. The zero-order valence-corrected chi connectivity index (χ0v) is 18.7. The molecule has 1 saturated heterocycles. The van der Waals surface area contributed by atoms with Crippen LogP contribution < -0.4 is 15.8 Å². The summed E-state index contributed by atoms with van der Waals surface area (Å²) in [7, 11) is 0. The molecule has 7 nitrogen and oxygen atoms in total. The minimum absolute atomic E-state index is 0.0722. The molecule has 0 bridgehead atoms. The van der Waals surface area contributed by atoms with Crippen LogP contribution in [-0.4, -0.2) is 33.4 Å². The Morgan fingerprint density at radius 3 is 2.73 bits per heavy atom. The van der Waals surface area contributed by atoms with Gasteiger partial charge in [-0.3, -0.25) is 9.59 Å². The molecule has 2 aromatic carbocycles. The summed E-state index contributed by atoms with van der Waals surface area (Å²) in [5.41, 5.74) is 1.02. The van der Waals surface area contributed by atoms with Crippen LogP contribution in [0.15, 0.2) is 59.4 Å². The van der Waals surface area contributed by atoms with Gasteiger partial charge in [0.1, 0.15) is 17.7 Å². The number of carbonyl (C=O) groups excluding carboxylic acids is 1. The van der Waals surface area contributed by atoms with Crippen molar-refractivity contribution < 1.29 is 9.18 Å². The number of halogens is 1. The second kappa shape index (κ2) is 8.74. The summed E-state index contributed by atoms with van der Waals surface area (Å²) in [6, 6.07) is 15.5. The summed E-state index contributed by atoms with van der Waals surface area (Å²) in [4.78, 5) is 39.6. The van der Waals surface area contributed by atoms with E-state index in [1.165, 1.54) is 17.4 Å². The number of fused-ring (bicyclic) bond motifs is 1. The van der Waals surface area contributed by atoms with E-state index in [4.69, 9.17) is 0 Å². The lowest BCUT2D eigenvalue weighted by molar-refractivity contribution is -0.122. The maximum atomic E-state index is 14.2. The van der Waals surface area contributed by atoms with Crippen LogP contribution in [0, 0.1) is 5.82 Å². The van der Waals surface area contributed by atoms with Crippen molar-refractivity contribution >= 4 is 32.7 Å². The van der Waals surface area contributed by atoms with Crippen LogP contribution >= 0.6 is 11.3 Å². The van der Waals surface area contributed by atoms with Crippen LogP contribution in [0.3, 0.4) is 0 Å². The van der Waals surface area contributed by atoms with Crippen LogP contribution in [0.1, 0.15) is 31.4 Å². The molecule has 1 unspecified atom stereocenters. The molecule has 4 aromatic rings. The van der Waals surface area contributed by atoms with E-state index >= 15 is 0 Å². The van der Waals surface area contributed by atoms with Crippen molar-refractivity contribution in [2.75, 3.05) is 11.4 Å². The number of thiazole rings is 1. The molecule has 0 aliphatic carbocycles. The van der Waals surface area contributed by atoms with Crippen LogP contribution in [-0.2, 0) is 4.79 Å². The second-order valence-electron chi connectivity index (χ2n) is 8.04. The number of aromatic nitrogens is 3. The number of hydrogen-bond acceptors (Lipinski definition) is 6. The van der Waals surface area contributed by atoms with Crippen molar-refractivity contribution in [3.8, 4) is 11.4 Å². The third-order valence-corrected chi connectivity index (χ3v) is 6.83. The van der Waals surface area contributed by atoms with Crippen molar-refractivity contribution in [2.45, 2.75) is 31.8 Å². The fourth-order valence-corrected chi connectivity index (χ4v) is 5.15. The number of aromatic amines is 1. The second-order valence-corrected chi connectivity index (χ2v) is 8.99. The molecular weight excluding hydrogens is 441 g/mol. The van der Waals surface area contributed by atoms with Crippen molar-refractivity contribution in [1.29, 1.82) is 0 Å². The maximum Gasteiger partial charge on any atom is 0.278 e. The highest BCUT2D eigenvalue weighted by Gasteiger charge is 2.33. The van der Waals surface area contributed by atoms with Gasteiger partial charge in [-0.05, 0) is 37.5 Å². The molecule has 168 valence electrons. The fraction of sp³-hybridized carbons (Fsp3) is 0.250. The van der Waals surface area contributed by atoms with Gasteiger partial charge >= 0.3 is 0 Å². The highest BCUT2D eigenvalue weighted by atomic mass is 32.1. The number of anilines is 1. The number of rotatable bonds is 5. The summed E-state index contributed by atoms with van der Waals surface area (Å²) in [6.07, 6.45) is 1.55. The molecule has 0 spiro atoms. The molecule has 2 N–H and O–H groups in total. The smallest absolute Gasteiger partial charge is 0.278 e. The van der Waals surface area contributed by atoms with Gasteiger partial charge in [0.2, 0.25) is 5.91 Å². The molecule has 0 radical (unpaired) electrons. The van der Waals surface area contributed by atoms with Gasteiger partial charge in [-0.15, -0.1) is 0 Å². The predicted molar refractivity (Wildman–Crippen MR) is 127 cm³/mol. The first-order valence-electron chi connectivity index (χ1n) is 10.8. The van der Waals surface area contributed by atoms with Crippen LogP contribution in [0.5, 0.6) is 0 Å². The van der Waals surface area contributed by atoms with Gasteiger partial charge in [0.25, 0.3) is 5.56 Å². The molecular formula is C24H22FN5O2S. The number of carbonyl (C=O) groups is 1. The number of nitrogens with zero attached hydrogens (tertiary/aromatic N) is 3.